The summed E-state index contributed by atoms with van der Waals surface area (Å²) >= 11 is 6.14. The van der Waals surface area contributed by atoms with Gasteiger partial charge in [-0.15, -0.1) is 0 Å². The van der Waals surface area contributed by atoms with Crippen LogP contribution in [0.1, 0.15) is 0 Å². The smallest absolute Gasteiger partial charge is 0.164 e. The van der Waals surface area contributed by atoms with Crippen molar-refractivity contribution in [2.45, 2.75) is 0 Å². The molecule has 496 valence electrons. The summed E-state index contributed by atoms with van der Waals surface area (Å²) < 4.78 is 7.14. The molecule has 0 radical (unpaired) electrons. The number of rotatable bonds is 11. The first kappa shape index (κ1) is 63.3. The number of H-pyrrole nitrogens is 1. The van der Waals surface area contributed by atoms with E-state index in [1.165, 1.54) is 71.4 Å². The predicted octanol–water partition coefficient (Wildman–Crippen LogP) is 24.0. The zero-order valence-electron chi connectivity index (χ0n) is 56.7. The Morgan fingerprint density at radius 2 is 0.562 bits per heavy atom. The van der Waals surface area contributed by atoms with E-state index in [9.17, 15) is 0 Å². The summed E-state index contributed by atoms with van der Waals surface area (Å²) in [4.78, 5) is 32.6. The first-order valence-electron chi connectivity index (χ1n) is 34.9. The fraction of sp³-hybridized carbons (Fsp3) is 0. The lowest BCUT2D eigenvalue weighted by Gasteiger charge is -2.13. The molecule has 0 spiro atoms. The Bertz CT molecular complexity index is 6390. The van der Waals surface area contributed by atoms with Gasteiger partial charge in [0.1, 0.15) is 0 Å². The number of nitrogens with one attached hydrogen (secondary N) is 1. The third-order valence-electron chi connectivity index (χ3n) is 19.1. The van der Waals surface area contributed by atoms with Gasteiger partial charge in [0.15, 0.2) is 34.9 Å². The van der Waals surface area contributed by atoms with Crippen molar-refractivity contribution in [3.8, 4) is 108 Å². The fourth-order valence-electron chi connectivity index (χ4n) is 14.3. The fourth-order valence-corrected chi connectivity index (χ4v) is 14.4. The molecular weight excluding hydrogens is 1300 g/mol. The number of hydrogen-bond acceptors (Lipinski definition) is 6. The number of benzene rings is 14. The zero-order valence-corrected chi connectivity index (χ0v) is 57.5. The lowest BCUT2D eigenvalue weighted by atomic mass is 10.1. The maximum atomic E-state index is 6.14. The van der Waals surface area contributed by atoms with E-state index in [4.69, 9.17) is 26.6 Å². The summed E-state index contributed by atoms with van der Waals surface area (Å²) in [6.07, 6.45) is 0. The first-order chi connectivity index (χ1) is 52.0. The van der Waals surface area contributed by atoms with Gasteiger partial charge in [0.2, 0.25) is 0 Å². The molecule has 0 saturated carbocycles. The molecule has 0 unspecified atom stereocenters. The molecular formula is C94H63ClN10. The molecule has 6 heterocycles. The molecule has 0 amide bonds. The molecule has 0 aliphatic carbocycles. The van der Waals surface area contributed by atoms with E-state index >= 15 is 0 Å². The summed E-state index contributed by atoms with van der Waals surface area (Å²) in [6, 6.07) is 130. The molecule has 14 aromatic carbocycles. The molecule has 0 aliphatic rings. The van der Waals surface area contributed by atoms with Crippen molar-refractivity contribution < 1.29 is 0 Å². The Morgan fingerprint density at radius 3 is 1.04 bits per heavy atom. The minimum Gasteiger partial charge on any atom is -0.354 e. The van der Waals surface area contributed by atoms with Gasteiger partial charge in [-0.3, -0.25) is 0 Å². The van der Waals surface area contributed by atoms with Gasteiger partial charge < -0.3 is 18.7 Å². The Labute approximate surface area is 610 Å². The molecule has 0 aliphatic heterocycles. The van der Waals surface area contributed by atoms with Crippen LogP contribution < -0.4 is 0 Å². The van der Waals surface area contributed by atoms with E-state index in [1.807, 2.05) is 146 Å². The van der Waals surface area contributed by atoms with E-state index in [1.54, 1.807) is 0 Å². The Balaban J connectivity index is 0.000000124. The van der Waals surface area contributed by atoms with Gasteiger partial charge in [-0.05, 0) is 96.1 Å². The number of nitrogens with zero attached hydrogens (tertiary/aromatic N) is 9. The number of halogens is 1. The van der Waals surface area contributed by atoms with Crippen LogP contribution in [-0.4, -0.2) is 48.6 Å². The maximum absolute atomic E-state index is 6.14. The monoisotopic (exact) mass is 1370 g/mol. The van der Waals surface area contributed by atoms with Crippen LogP contribution in [0.25, 0.3) is 173 Å². The van der Waals surface area contributed by atoms with Crippen LogP contribution in [0.3, 0.4) is 0 Å². The van der Waals surface area contributed by atoms with Crippen LogP contribution in [0.15, 0.2) is 376 Å². The predicted molar refractivity (Wildman–Crippen MR) is 432 cm³/mol. The Hall–Kier alpha value is -13.9. The zero-order chi connectivity index (χ0) is 70.0. The second-order valence-electron chi connectivity index (χ2n) is 25.6. The van der Waals surface area contributed by atoms with Crippen molar-refractivity contribution in [3.63, 3.8) is 0 Å². The van der Waals surface area contributed by atoms with Crippen LogP contribution in [-0.2, 0) is 0 Å². The van der Waals surface area contributed by atoms with Gasteiger partial charge in [-0.1, -0.05) is 303 Å². The molecule has 0 bridgehead atoms. The highest BCUT2D eigenvalue weighted by molar-refractivity contribution is 6.30. The van der Waals surface area contributed by atoms with Crippen molar-refractivity contribution in [3.05, 3.63) is 381 Å². The number of fused-ring (bicyclic) bond motifs is 10. The maximum Gasteiger partial charge on any atom is 0.164 e. The minimum absolute atomic E-state index is 0.607. The lowest BCUT2D eigenvalue weighted by molar-refractivity contribution is 1.07. The van der Waals surface area contributed by atoms with Crippen LogP contribution in [0.2, 0.25) is 5.02 Å². The quantitative estimate of drug-likeness (QED) is 0.138. The van der Waals surface area contributed by atoms with Crippen molar-refractivity contribution in [1.82, 2.24) is 48.6 Å². The van der Waals surface area contributed by atoms with Gasteiger partial charge in [0.25, 0.3) is 0 Å². The summed E-state index contributed by atoms with van der Waals surface area (Å²) in [7, 11) is 0. The average Bonchev–Trinajstić information content (AvgIpc) is 1.54. The SMILES string of the molecule is Clc1cccc(-c2nc(-c3ccccc3)nc(-c3ccccc3)n2)c1.c1ccc(-c2cc3c4[nH]c5ccccc5c4ccc3n2-c2ccccc2)cc1.c1ccc(-c2nc(-c3ccccc3)nc(-c3cccc(-n4c5ccccc5c5ccc6c(cc(-c7ccccc7)n6-c6ccccc6)c54)c3)n2)cc1. The number of aromatic amines is 1. The average molecular weight is 1370 g/mol. The second-order valence-corrected chi connectivity index (χ2v) is 26.0. The molecule has 11 heteroatoms. The van der Waals surface area contributed by atoms with Crippen LogP contribution >= 0.6 is 11.6 Å². The summed E-state index contributed by atoms with van der Waals surface area (Å²) in [5.74, 6) is 3.80. The van der Waals surface area contributed by atoms with Crippen LogP contribution in [0.5, 0.6) is 0 Å². The summed E-state index contributed by atoms with van der Waals surface area (Å²) in [5.41, 5.74) is 20.7. The van der Waals surface area contributed by atoms with E-state index in [0.717, 1.165) is 67.0 Å². The van der Waals surface area contributed by atoms with Gasteiger partial charge in [0, 0.05) is 93.3 Å². The molecule has 1 N–H and O–H groups in total. The highest BCUT2D eigenvalue weighted by atomic mass is 35.5. The van der Waals surface area contributed by atoms with Crippen LogP contribution in [0, 0.1) is 0 Å². The van der Waals surface area contributed by atoms with Gasteiger partial charge in [-0.2, -0.15) is 0 Å². The van der Waals surface area contributed by atoms with Crippen molar-refractivity contribution in [1.29, 1.82) is 0 Å². The molecule has 105 heavy (non-hydrogen) atoms. The molecule has 10 nitrogen and oxygen atoms in total. The van der Waals surface area contributed by atoms with Gasteiger partial charge >= 0.3 is 0 Å². The van der Waals surface area contributed by atoms with E-state index in [2.05, 4.69) is 264 Å². The standard InChI is InChI=1S/C47H31N5.C26H18N2.C21H14ClN3/c1-5-16-32(17-6-1)43-31-40-42(51(43)36-23-11-4-12-24-36)29-28-39-38-26-13-14-27-41(38)52(44(39)40)37-25-15-22-35(30-37)47-49-45(33-18-7-2-8-19-33)48-46(50-47)34-20-9-3-10-21-34;1-3-9-18(10-4-1)25-17-22-24(28(25)19-11-5-2-6-12-19)16-15-21-20-13-7-8-14-23(20)27-26(21)22;22-18-13-7-12-17(14-18)21-24-19(15-8-3-1-4-9-15)23-20(25-21)16-10-5-2-6-11-16/h1-31H;1-17,27H;1-14H. The first-order valence-corrected chi connectivity index (χ1v) is 35.3. The third-order valence-corrected chi connectivity index (χ3v) is 19.3. The summed E-state index contributed by atoms with van der Waals surface area (Å²) in [6.45, 7) is 0. The number of para-hydroxylation sites is 4. The third kappa shape index (κ3) is 12.3. The topological polar surface area (TPSA) is 108 Å². The Morgan fingerprint density at radius 1 is 0.219 bits per heavy atom. The van der Waals surface area contributed by atoms with E-state index < -0.39 is 0 Å². The second kappa shape index (κ2) is 27.9. The largest absolute Gasteiger partial charge is 0.354 e. The highest BCUT2D eigenvalue weighted by Crippen LogP contribution is 2.43. The summed E-state index contributed by atoms with van der Waals surface area (Å²) in [5, 5.41) is 8.03. The molecule has 0 fully saturated rings. The molecule has 6 aromatic heterocycles. The number of aromatic nitrogens is 10. The highest BCUT2D eigenvalue weighted by Gasteiger charge is 2.23. The molecule has 20 aromatic rings. The minimum atomic E-state index is 0.607. The van der Waals surface area contributed by atoms with E-state index in [-0.39, 0.29) is 0 Å². The van der Waals surface area contributed by atoms with Crippen molar-refractivity contribution >= 4 is 77.0 Å². The van der Waals surface area contributed by atoms with E-state index in [0.29, 0.717) is 40.0 Å². The number of hydrogen-bond donors (Lipinski definition) is 1. The van der Waals surface area contributed by atoms with Crippen molar-refractivity contribution in [2.75, 3.05) is 0 Å². The molecule has 0 saturated heterocycles. The lowest BCUT2D eigenvalue weighted by Crippen LogP contribution is -2.01. The molecule has 20 rings (SSSR count). The Kier molecular flexibility index (Phi) is 16.8. The molecule has 0 atom stereocenters. The van der Waals surface area contributed by atoms with Crippen molar-refractivity contribution in [2.24, 2.45) is 0 Å². The van der Waals surface area contributed by atoms with Crippen LogP contribution in [0.4, 0.5) is 0 Å². The van der Waals surface area contributed by atoms with Gasteiger partial charge in [-0.25, -0.2) is 29.9 Å². The normalized spacial score (nSPS) is 11.3. The van der Waals surface area contributed by atoms with Gasteiger partial charge in [0.05, 0.1) is 39.0 Å².